The first-order valence-corrected chi connectivity index (χ1v) is 9.22. The smallest absolute Gasteiger partial charge is 0.416 e. The molecule has 0 radical (unpaired) electrons. The number of alkyl halides is 3. The minimum atomic E-state index is -4.60. The number of amides is 1. The standard InChI is InChI=1S/C23H20F3NO3/c1-14(16-9-5-4-6-10-16)27-15(2)20(22(29)30-3)18(21(27)28)13-17-11-7-8-12-19(17)23(24,25)26/h4-14H,1-3H3/b18-13-/t14-/m1/s1. The van der Waals surface area contributed by atoms with Gasteiger partial charge >= 0.3 is 12.1 Å². The van der Waals surface area contributed by atoms with Gasteiger partial charge in [-0.1, -0.05) is 48.5 Å². The van der Waals surface area contributed by atoms with Crippen LogP contribution < -0.4 is 0 Å². The Morgan fingerprint density at radius 3 is 2.27 bits per heavy atom. The summed E-state index contributed by atoms with van der Waals surface area (Å²) in [5.74, 6) is -1.33. The van der Waals surface area contributed by atoms with Gasteiger partial charge in [-0.3, -0.25) is 4.79 Å². The molecular weight excluding hydrogens is 395 g/mol. The van der Waals surface area contributed by atoms with E-state index < -0.39 is 29.7 Å². The molecule has 1 amide bonds. The highest BCUT2D eigenvalue weighted by Gasteiger charge is 2.40. The minimum Gasteiger partial charge on any atom is -0.465 e. The summed E-state index contributed by atoms with van der Waals surface area (Å²) in [7, 11) is 1.16. The molecule has 0 saturated heterocycles. The summed E-state index contributed by atoms with van der Waals surface area (Å²) in [4.78, 5) is 27.1. The number of rotatable bonds is 4. The number of hydrogen-bond acceptors (Lipinski definition) is 3. The molecule has 3 rings (SSSR count). The van der Waals surface area contributed by atoms with Crippen molar-refractivity contribution in [1.29, 1.82) is 0 Å². The number of allylic oxidation sites excluding steroid dienone is 1. The third-order valence-corrected chi connectivity index (χ3v) is 5.07. The summed E-state index contributed by atoms with van der Waals surface area (Å²) in [5.41, 5.74) is -0.0927. The minimum absolute atomic E-state index is 0.0396. The lowest BCUT2D eigenvalue weighted by Gasteiger charge is -2.26. The molecule has 0 aromatic heterocycles. The van der Waals surface area contributed by atoms with Crippen LogP contribution in [0.15, 0.2) is 71.4 Å². The lowest BCUT2D eigenvalue weighted by atomic mass is 10.00. The molecule has 0 saturated carbocycles. The normalized spacial score (nSPS) is 16.9. The molecule has 0 aliphatic carbocycles. The van der Waals surface area contributed by atoms with E-state index >= 15 is 0 Å². The van der Waals surface area contributed by atoms with Gasteiger partial charge < -0.3 is 9.64 Å². The Balaban J connectivity index is 2.15. The first-order chi connectivity index (χ1) is 14.2. The molecule has 2 aromatic rings. The summed E-state index contributed by atoms with van der Waals surface area (Å²) in [6.07, 6.45) is -3.49. The molecule has 2 aromatic carbocycles. The molecular formula is C23H20F3NO3. The Morgan fingerprint density at radius 2 is 1.67 bits per heavy atom. The molecule has 30 heavy (non-hydrogen) atoms. The fraction of sp³-hybridized carbons (Fsp3) is 0.217. The molecule has 1 heterocycles. The van der Waals surface area contributed by atoms with Crippen LogP contribution in [0.1, 0.15) is 36.6 Å². The number of carbonyl (C=O) groups is 2. The molecule has 0 fully saturated rings. The van der Waals surface area contributed by atoms with Crippen LogP contribution in [0.25, 0.3) is 6.08 Å². The molecule has 1 atom stereocenters. The van der Waals surface area contributed by atoms with E-state index in [0.29, 0.717) is 5.70 Å². The van der Waals surface area contributed by atoms with Crippen LogP contribution >= 0.6 is 0 Å². The predicted molar refractivity (Wildman–Crippen MR) is 106 cm³/mol. The van der Waals surface area contributed by atoms with Crippen LogP contribution in [-0.2, 0) is 20.5 Å². The maximum absolute atomic E-state index is 13.4. The monoisotopic (exact) mass is 415 g/mol. The van der Waals surface area contributed by atoms with Crippen molar-refractivity contribution in [1.82, 2.24) is 4.90 Å². The van der Waals surface area contributed by atoms with E-state index in [-0.39, 0.29) is 16.7 Å². The Hall–Kier alpha value is -3.35. The Labute approximate surface area is 172 Å². The average molecular weight is 415 g/mol. The van der Waals surface area contributed by atoms with Gasteiger partial charge in [0.1, 0.15) is 0 Å². The molecule has 0 unspecified atom stereocenters. The summed E-state index contributed by atoms with van der Waals surface area (Å²) in [5, 5.41) is 0. The zero-order valence-corrected chi connectivity index (χ0v) is 16.7. The number of benzene rings is 2. The SMILES string of the molecule is COC(=O)C1=C(C)N([C@H](C)c2ccccc2)C(=O)/C1=C\c1ccccc1C(F)(F)F. The Bertz CT molecular complexity index is 1040. The first-order valence-electron chi connectivity index (χ1n) is 9.22. The van der Waals surface area contributed by atoms with E-state index in [4.69, 9.17) is 4.74 Å². The van der Waals surface area contributed by atoms with Gasteiger partial charge in [-0.2, -0.15) is 13.2 Å². The van der Waals surface area contributed by atoms with Crippen molar-refractivity contribution in [2.24, 2.45) is 0 Å². The van der Waals surface area contributed by atoms with E-state index in [0.717, 1.165) is 24.8 Å². The second kappa shape index (κ2) is 8.18. The molecule has 0 N–H and O–H groups in total. The molecule has 0 bridgehead atoms. The fourth-order valence-corrected chi connectivity index (χ4v) is 3.58. The van der Waals surface area contributed by atoms with E-state index in [1.54, 1.807) is 13.8 Å². The Morgan fingerprint density at radius 1 is 1.07 bits per heavy atom. The summed E-state index contributed by atoms with van der Waals surface area (Å²) < 4.78 is 45.1. The van der Waals surface area contributed by atoms with Gasteiger partial charge in [0.25, 0.3) is 5.91 Å². The van der Waals surface area contributed by atoms with Crippen LogP contribution in [0.2, 0.25) is 0 Å². The van der Waals surface area contributed by atoms with E-state index in [1.807, 2.05) is 30.3 Å². The second-order valence-electron chi connectivity index (χ2n) is 6.86. The van der Waals surface area contributed by atoms with Gasteiger partial charge in [0.05, 0.1) is 29.9 Å². The van der Waals surface area contributed by atoms with Crippen LogP contribution in [0.3, 0.4) is 0 Å². The summed E-state index contributed by atoms with van der Waals surface area (Å²) in [6, 6.07) is 13.6. The average Bonchev–Trinajstić information content (AvgIpc) is 2.97. The van der Waals surface area contributed by atoms with E-state index in [1.165, 1.54) is 23.1 Å². The zero-order chi connectivity index (χ0) is 22.1. The Kier molecular flexibility index (Phi) is 5.82. The number of hydrogen-bond donors (Lipinski definition) is 0. The molecule has 7 heteroatoms. The lowest BCUT2D eigenvalue weighted by molar-refractivity contribution is -0.138. The number of halogens is 3. The molecule has 0 spiro atoms. The van der Waals surface area contributed by atoms with Crippen molar-refractivity contribution < 1.29 is 27.5 Å². The zero-order valence-electron chi connectivity index (χ0n) is 16.7. The molecule has 1 aliphatic heterocycles. The van der Waals surface area contributed by atoms with E-state index in [2.05, 4.69) is 0 Å². The van der Waals surface area contributed by atoms with Crippen molar-refractivity contribution in [3.8, 4) is 0 Å². The number of methoxy groups -OCH3 is 1. The molecule has 1 aliphatic rings. The summed E-state index contributed by atoms with van der Waals surface area (Å²) in [6.45, 7) is 3.37. The number of ether oxygens (including phenoxy) is 1. The van der Waals surface area contributed by atoms with Crippen molar-refractivity contribution in [2.45, 2.75) is 26.1 Å². The molecule has 156 valence electrons. The van der Waals surface area contributed by atoms with E-state index in [9.17, 15) is 22.8 Å². The van der Waals surface area contributed by atoms with Crippen molar-refractivity contribution in [3.63, 3.8) is 0 Å². The largest absolute Gasteiger partial charge is 0.465 e. The van der Waals surface area contributed by atoms with Gasteiger partial charge in [-0.25, -0.2) is 4.79 Å². The predicted octanol–water partition coefficient (Wildman–Crippen LogP) is 5.14. The first kappa shape index (κ1) is 21.4. The highest BCUT2D eigenvalue weighted by molar-refractivity contribution is 6.16. The fourth-order valence-electron chi connectivity index (χ4n) is 3.58. The van der Waals surface area contributed by atoms with Crippen LogP contribution in [0, 0.1) is 0 Å². The number of nitrogens with zero attached hydrogens (tertiary/aromatic N) is 1. The van der Waals surface area contributed by atoms with Crippen LogP contribution in [0.4, 0.5) is 13.2 Å². The highest BCUT2D eigenvalue weighted by atomic mass is 19.4. The second-order valence-corrected chi connectivity index (χ2v) is 6.86. The third-order valence-electron chi connectivity index (χ3n) is 5.07. The van der Waals surface area contributed by atoms with Gasteiger partial charge in [-0.15, -0.1) is 0 Å². The number of carbonyl (C=O) groups excluding carboxylic acids is 2. The highest BCUT2D eigenvalue weighted by Crippen LogP contribution is 2.39. The third kappa shape index (κ3) is 3.87. The lowest BCUT2D eigenvalue weighted by Crippen LogP contribution is -2.28. The molecule has 4 nitrogen and oxygen atoms in total. The van der Waals surface area contributed by atoms with Gasteiger partial charge in [0.15, 0.2) is 0 Å². The number of esters is 1. The van der Waals surface area contributed by atoms with Gasteiger partial charge in [-0.05, 0) is 37.1 Å². The van der Waals surface area contributed by atoms with Crippen molar-refractivity contribution in [3.05, 3.63) is 88.1 Å². The van der Waals surface area contributed by atoms with Crippen LogP contribution in [0.5, 0.6) is 0 Å². The maximum atomic E-state index is 13.4. The summed E-state index contributed by atoms with van der Waals surface area (Å²) >= 11 is 0. The van der Waals surface area contributed by atoms with Gasteiger partial charge in [0, 0.05) is 5.70 Å². The van der Waals surface area contributed by atoms with Crippen LogP contribution in [-0.4, -0.2) is 23.9 Å². The van der Waals surface area contributed by atoms with Crippen molar-refractivity contribution >= 4 is 18.0 Å². The van der Waals surface area contributed by atoms with Gasteiger partial charge in [0.2, 0.25) is 0 Å². The van der Waals surface area contributed by atoms with Crippen molar-refractivity contribution in [2.75, 3.05) is 7.11 Å². The quantitative estimate of drug-likeness (QED) is 0.513. The topological polar surface area (TPSA) is 46.6 Å². The maximum Gasteiger partial charge on any atom is 0.416 e.